The van der Waals surface area contributed by atoms with Gasteiger partial charge in [-0.25, -0.2) is 0 Å². The van der Waals surface area contributed by atoms with Crippen LogP contribution in [-0.4, -0.2) is 0 Å². The molecule has 0 fully saturated rings. The highest BCUT2D eigenvalue weighted by molar-refractivity contribution is 6.19. The Hall–Kier alpha value is -0.720. The number of halogens is 2. The molecule has 0 unspecified atom stereocenters. The van der Waals surface area contributed by atoms with Crippen molar-refractivity contribution in [2.75, 3.05) is 0 Å². The van der Waals surface area contributed by atoms with Crippen molar-refractivity contribution in [1.82, 2.24) is 0 Å². The van der Waals surface area contributed by atoms with E-state index in [1.165, 1.54) is 21.9 Å². The van der Waals surface area contributed by atoms with Crippen LogP contribution in [0.5, 0.6) is 0 Å². The highest BCUT2D eigenvalue weighted by Gasteiger charge is 2.08. The molecule has 0 spiro atoms. The van der Waals surface area contributed by atoms with Gasteiger partial charge in [0.25, 0.3) is 0 Å². The zero-order valence-corrected chi connectivity index (χ0v) is 10.1. The van der Waals surface area contributed by atoms with Crippen LogP contribution in [0.1, 0.15) is 16.7 Å². The van der Waals surface area contributed by atoms with E-state index >= 15 is 0 Å². The highest BCUT2D eigenvalue weighted by Crippen LogP contribution is 2.27. The van der Waals surface area contributed by atoms with Gasteiger partial charge in [-0.3, -0.25) is 0 Å². The summed E-state index contributed by atoms with van der Waals surface area (Å²) in [5, 5.41) is 2.50. The van der Waals surface area contributed by atoms with Gasteiger partial charge in [0, 0.05) is 11.8 Å². The summed E-state index contributed by atoms with van der Waals surface area (Å²) in [6, 6.07) is 10.5. The minimum absolute atomic E-state index is 0.522. The van der Waals surface area contributed by atoms with Crippen LogP contribution in [0.15, 0.2) is 30.3 Å². The van der Waals surface area contributed by atoms with Crippen LogP contribution in [-0.2, 0) is 11.8 Å². The normalized spacial score (nSPS) is 10.9. The molecule has 0 aliphatic heterocycles. The van der Waals surface area contributed by atoms with Crippen molar-refractivity contribution in [2.45, 2.75) is 18.7 Å². The van der Waals surface area contributed by atoms with Crippen molar-refractivity contribution in [3.05, 3.63) is 47.0 Å². The number of benzene rings is 2. The van der Waals surface area contributed by atoms with E-state index in [1.807, 2.05) is 12.1 Å². The molecule has 0 atom stereocenters. The van der Waals surface area contributed by atoms with Crippen LogP contribution in [0.25, 0.3) is 10.8 Å². The van der Waals surface area contributed by atoms with E-state index in [0.717, 1.165) is 5.56 Å². The predicted molar refractivity (Wildman–Crippen MR) is 67.8 cm³/mol. The van der Waals surface area contributed by atoms with Gasteiger partial charge in [-0.05, 0) is 40.5 Å². The maximum absolute atomic E-state index is 5.96. The molecular weight excluding hydrogens is 227 g/mol. The molecule has 2 aromatic rings. The maximum atomic E-state index is 5.96. The second-order valence-electron chi connectivity index (χ2n) is 3.63. The van der Waals surface area contributed by atoms with Gasteiger partial charge < -0.3 is 0 Å². The molecule has 0 N–H and O–H groups in total. The molecule has 0 saturated heterocycles. The quantitative estimate of drug-likeness (QED) is 0.670. The Morgan fingerprint density at radius 3 is 2.47 bits per heavy atom. The van der Waals surface area contributed by atoms with Crippen LogP contribution in [0.4, 0.5) is 0 Å². The Morgan fingerprint density at radius 1 is 1.07 bits per heavy atom. The van der Waals surface area contributed by atoms with E-state index in [4.69, 9.17) is 23.2 Å². The van der Waals surface area contributed by atoms with Gasteiger partial charge >= 0.3 is 0 Å². The lowest BCUT2D eigenvalue weighted by molar-refractivity contribution is 1.24. The largest absolute Gasteiger partial charge is 0.122 e. The lowest BCUT2D eigenvalue weighted by Gasteiger charge is -2.11. The molecule has 2 aromatic carbocycles. The fourth-order valence-corrected chi connectivity index (χ4v) is 2.56. The fourth-order valence-electron chi connectivity index (χ4n) is 1.95. The van der Waals surface area contributed by atoms with Gasteiger partial charge in [0.1, 0.15) is 0 Å². The first-order valence-corrected chi connectivity index (χ1v) is 5.97. The molecule has 0 aromatic heterocycles. The zero-order valence-electron chi connectivity index (χ0n) is 8.56. The summed E-state index contributed by atoms with van der Waals surface area (Å²) in [4.78, 5) is 0. The number of fused-ring (bicyclic) bond motifs is 1. The van der Waals surface area contributed by atoms with E-state index < -0.39 is 0 Å². The van der Waals surface area contributed by atoms with Crippen molar-refractivity contribution in [2.24, 2.45) is 0 Å². The molecule has 2 heteroatoms. The van der Waals surface area contributed by atoms with Crippen LogP contribution in [0.3, 0.4) is 0 Å². The topological polar surface area (TPSA) is 0 Å². The zero-order chi connectivity index (χ0) is 10.8. The lowest BCUT2D eigenvalue weighted by Crippen LogP contribution is -1.94. The van der Waals surface area contributed by atoms with Gasteiger partial charge in [0.15, 0.2) is 0 Å². The second kappa shape index (κ2) is 4.42. The van der Waals surface area contributed by atoms with E-state index in [-0.39, 0.29) is 0 Å². The maximum Gasteiger partial charge on any atom is 0.0480 e. The Labute approximate surface area is 99.8 Å². The molecule has 0 saturated carbocycles. The predicted octanol–water partition coefficient (Wildman–Crippen LogP) is 4.63. The fraction of sp³-hybridized carbons (Fsp3) is 0.231. The molecule has 0 aliphatic rings. The second-order valence-corrected chi connectivity index (χ2v) is 4.16. The smallest absolute Gasteiger partial charge is 0.0480 e. The number of hydrogen-bond acceptors (Lipinski definition) is 0. The molecular formula is C13H12Cl2. The van der Waals surface area contributed by atoms with E-state index in [1.54, 1.807) is 0 Å². The van der Waals surface area contributed by atoms with Crippen molar-refractivity contribution in [3.8, 4) is 0 Å². The summed E-state index contributed by atoms with van der Waals surface area (Å²) in [7, 11) is 0. The third kappa shape index (κ3) is 1.84. The molecule has 0 aliphatic carbocycles. The highest BCUT2D eigenvalue weighted by atomic mass is 35.5. The van der Waals surface area contributed by atoms with Crippen LogP contribution < -0.4 is 0 Å². The standard InChI is InChI=1S/C13H12Cl2/c1-9-12-5-3-2-4-10(12)6-11(7-14)13(9)8-15/h2-6H,7-8H2,1H3. The van der Waals surface area contributed by atoms with E-state index in [0.29, 0.717) is 11.8 Å². The van der Waals surface area contributed by atoms with Gasteiger partial charge in [-0.2, -0.15) is 0 Å². The Kier molecular flexibility index (Phi) is 3.18. The van der Waals surface area contributed by atoms with Crippen LogP contribution >= 0.6 is 23.2 Å². The third-order valence-corrected chi connectivity index (χ3v) is 3.37. The van der Waals surface area contributed by atoms with Gasteiger partial charge in [0.2, 0.25) is 0 Å². The number of alkyl halides is 2. The molecule has 0 bridgehead atoms. The Morgan fingerprint density at radius 2 is 1.80 bits per heavy atom. The molecule has 2 rings (SSSR count). The number of rotatable bonds is 2. The summed E-state index contributed by atoms with van der Waals surface area (Å²) in [6.45, 7) is 2.11. The summed E-state index contributed by atoms with van der Waals surface area (Å²) in [5.41, 5.74) is 3.56. The number of hydrogen-bond donors (Lipinski definition) is 0. The third-order valence-electron chi connectivity index (χ3n) is 2.81. The lowest BCUT2D eigenvalue weighted by atomic mass is 9.97. The van der Waals surface area contributed by atoms with Crippen molar-refractivity contribution < 1.29 is 0 Å². The first kappa shape index (κ1) is 10.8. The summed E-state index contributed by atoms with van der Waals surface area (Å²) in [5.74, 6) is 1.05. The van der Waals surface area contributed by atoms with Crippen LogP contribution in [0, 0.1) is 6.92 Å². The molecule has 0 amide bonds. The van der Waals surface area contributed by atoms with Crippen molar-refractivity contribution in [1.29, 1.82) is 0 Å². The van der Waals surface area contributed by atoms with Crippen molar-refractivity contribution >= 4 is 34.0 Å². The summed E-state index contributed by atoms with van der Waals surface area (Å²) < 4.78 is 0. The SMILES string of the molecule is Cc1c(CCl)c(CCl)cc2ccccc12. The molecule has 0 heterocycles. The molecule has 15 heavy (non-hydrogen) atoms. The summed E-state index contributed by atoms with van der Waals surface area (Å²) in [6.07, 6.45) is 0. The molecule has 0 nitrogen and oxygen atoms in total. The average Bonchev–Trinajstić information content (AvgIpc) is 2.29. The van der Waals surface area contributed by atoms with E-state index in [2.05, 4.69) is 25.1 Å². The summed E-state index contributed by atoms with van der Waals surface area (Å²) >= 11 is 11.9. The molecule has 78 valence electrons. The van der Waals surface area contributed by atoms with Crippen molar-refractivity contribution in [3.63, 3.8) is 0 Å². The van der Waals surface area contributed by atoms with Gasteiger partial charge in [-0.1, -0.05) is 24.3 Å². The van der Waals surface area contributed by atoms with Gasteiger partial charge in [0.05, 0.1) is 0 Å². The first-order valence-electron chi connectivity index (χ1n) is 4.90. The minimum atomic E-state index is 0.522. The monoisotopic (exact) mass is 238 g/mol. The minimum Gasteiger partial charge on any atom is -0.122 e. The number of aryl methyl sites for hydroxylation is 1. The average molecular weight is 239 g/mol. The Balaban J connectivity index is 2.81. The Bertz CT molecular complexity index is 489. The van der Waals surface area contributed by atoms with E-state index in [9.17, 15) is 0 Å². The van der Waals surface area contributed by atoms with Gasteiger partial charge in [-0.15, -0.1) is 23.2 Å². The first-order chi connectivity index (χ1) is 7.27. The van der Waals surface area contributed by atoms with Crippen LogP contribution in [0.2, 0.25) is 0 Å². The molecule has 0 radical (unpaired) electrons.